The molecule has 0 aromatic heterocycles. The minimum atomic E-state index is -1.24. The summed E-state index contributed by atoms with van der Waals surface area (Å²) in [6.07, 6.45) is -3.08. The van der Waals surface area contributed by atoms with Crippen LogP contribution in [0.5, 0.6) is 0 Å². The molecule has 101 valence electrons. The van der Waals surface area contributed by atoms with Gasteiger partial charge in [0.1, 0.15) is 24.4 Å². The molecule has 0 aromatic carbocycles. The van der Waals surface area contributed by atoms with Crippen molar-refractivity contribution < 1.29 is 25.2 Å². The zero-order valence-electron chi connectivity index (χ0n) is 10.8. The molecule has 0 unspecified atom stereocenters. The number of hydrogen-bond donors (Lipinski definition) is 4. The van der Waals surface area contributed by atoms with E-state index in [1.807, 2.05) is 0 Å². The summed E-state index contributed by atoms with van der Waals surface area (Å²) in [6.45, 7) is 5.69. The molecule has 0 saturated carbocycles. The van der Waals surface area contributed by atoms with Crippen LogP contribution in [0.4, 0.5) is 0 Å². The monoisotopic (exact) mass is 247 g/mol. The normalized spacial score (nSPS) is 36.5. The second-order valence-electron chi connectivity index (χ2n) is 3.98. The summed E-state index contributed by atoms with van der Waals surface area (Å²) in [5.74, 6) is 0. The van der Waals surface area contributed by atoms with E-state index in [1.54, 1.807) is 6.92 Å². The van der Waals surface area contributed by atoms with Gasteiger partial charge in [0.2, 0.25) is 0 Å². The Morgan fingerprint density at radius 1 is 0.882 bits per heavy atom. The van der Waals surface area contributed by atoms with Crippen LogP contribution in [0, 0.1) is 0 Å². The van der Waals surface area contributed by atoms with Crippen LogP contribution in [0.3, 0.4) is 0 Å². The van der Waals surface area contributed by atoms with E-state index in [-0.39, 0.29) is 15.0 Å². The summed E-state index contributed by atoms with van der Waals surface area (Å²) in [6, 6.07) is 0. The van der Waals surface area contributed by atoms with Crippen molar-refractivity contribution in [2.24, 2.45) is 0 Å². The van der Waals surface area contributed by atoms with Gasteiger partial charge in [-0.15, -0.1) is 0 Å². The van der Waals surface area contributed by atoms with Crippen LogP contribution in [-0.2, 0) is 4.74 Å². The number of ether oxygens (including phenoxy) is 1. The molecule has 1 heterocycles. The van der Waals surface area contributed by atoms with Gasteiger partial charge in [0.15, 0.2) is 0 Å². The van der Waals surface area contributed by atoms with Crippen molar-refractivity contribution in [3.63, 3.8) is 0 Å². The van der Waals surface area contributed by atoms with E-state index < -0.39 is 30.5 Å². The molecule has 1 saturated heterocycles. The largest absolute Gasteiger partial charge is 0.394 e. The van der Waals surface area contributed by atoms with Crippen molar-refractivity contribution in [3.8, 4) is 0 Å². The third-order valence-corrected chi connectivity index (χ3v) is 2.39. The molecular weight excluding hydrogens is 223 g/mol. The molecule has 1 aliphatic heterocycles. The highest BCUT2D eigenvalue weighted by molar-refractivity contribution is 5.75. The summed E-state index contributed by atoms with van der Waals surface area (Å²) in [4.78, 5) is 0. The summed E-state index contributed by atoms with van der Waals surface area (Å²) in [7, 11) is 0. The van der Waals surface area contributed by atoms with Crippen molar-refractivity contribution in [1.82, 2.24) is 0 Å². The zero-order chi connectivity index (χ0) is 12.7. The van der Waals surface area contributed by atoms with Gasteiger partial charge >= 0.3 is 0 Å². The van der Waals surface area contributed by atoms with Crippen molar-refractivity contribution in [1.29, 1.82) is 0 Å². The van der Waals surface area contributed by atoms with Gasteiger partial charge < -0.3 is 25.2 Å². The number of aliphatic hydroxyl groups is 4. The Morgan fingerprint density at radius 2 is 1.29 bits per heavy atom. The van der Waals surface area contributed by atoms with Crippen LogP contribution in [0.1, 0.15) is 33.6 Å². The third-order valence-electron chi connectivity index (χ3n) is 2.39. The fraction of sp³-hybridized carbons (Fsp3) is 1.00. The SMILES string of the molecule is CCC.CC[C@@H]1O[C@H](CO)[C@@H](O)[C@H](O)[C@H]1O.[B]. The average Bonchev–Trinajstić information content (AvgIpc) is 2.28. The van der Waals surface area contributed by atoms with E-state index in [1.165, 1.54) is 6.42 Å². The predicted molar refractivity (Wildman–Crippen MR) is 65.8 cm³/mol. The van der Waals surface area contributed by atoms with Gasteiger partial charge in [0.05, 0.1) is 12.7 Å². The second-order valence-corrected chi connectivity index (χ2v) is 3.98. The Balaban J connectivity index is 0. The Morgan fingerprint density at radius 3 is 1.65 bits per heavy atom. The highest BCUT2D eigenvalue weighted by Crippen LogP contribution is 2.22. The molecule has 4 N–H and O–H groups in total. The molecule has 5 atom stereocenters. The lowest BCUT2D eigenvalue weighted by Gasteiger charge is -2.39. The van der Waals surface area contributed by atoms with E-state index in [9.17, 15) is 15.3 Å². The standard InChI is InChI=1S/C8H16O5.C3H8.B/c1-2-4-6(10)8(12)7(11)5(3-9)13-4;1-3-2;/h4-12H,2-3H2,1H3;3H2,1-2H3;/t4-,5+,6-,7+,8+;;/m0../s1. The topological polar surface area (TPSA) is 90.2 Å². The lowest BCUT2D eigenvalue weighted by atomic mass is 9.94. The van der Waals surface area contributed by atoms with Gasteiger partial charge in [-0.1, -0.05) is 27.2 Å². The molecule has 3 radical (unpaired) electrons. The summed E-state index contributed by atoms with van der Waals surface area (Å²) >= 11 is 0. The Kier molecular flexibility index (Phi) is 11.1. The second kappa shape index (κ2) is 9.85. The minimum Gasteiger partial charge on any atom is -0.394 e. The first-order chi connectivity index (χ1) is 7.53. The summed E-state index contributed by atoms with van der Waals surface area (Å²) in [5, 5.41) is 36.9. The maximum absolute atomic E-state index is 9.40. The Labute approximate surface area is 105 Å². The van der Waals surface area contributed by atoms with Gasteiger partial charge in [0, 0.05) is 8.41 Å². The highest BCUT2D eigenvalue weighted by atomic mass is 16.5. The van der Waals surface area contributed by atoms with Gasteiger partial charge in [0.25, 0.3) is 0 Å². The highest BCUT2D eigenvalue weighted by Gasteiger charge is 2.42. The molecule has 17 heavy (non-hydrogen) atoms. The average molecular weight is 247 g/mol. The number of hydrogen-bond acceptors (Lipinski definition) is 5. The van der Waals surface area contributed by atoms with Crippen LogP contribution in [0.15, 0.2) is 0 Å². The van der Waals surface area contributed by atoms with Crippen LogP contribution in [0.25, 0.3) is 0 Å². The predicted octanol–water partition coefficient (Wildman–Crippen LogP) is -0.726. The zero-order valence-corrected chi connectivity index (χ0v) is 10.8. The number of aliphatic hydroxyl groups excluding tert-OH is 4. The molecule has 6 heteroatoms. The molecule has 1 aliphatic rings. The smallest absolute Gasteiger partial charge is 0.111 e. The van der Waals surface area contributed by atoms with E-state index in [0.29, 0.717) is 6.42 Å². The molecule has 0 aliphatic carbocycles. The van der Waals surface area contributed by atoms with Crippen LogP contribution < -0.4 is 0 Å². The van der Waals surface area contributed by atoms with E-state index in [4.69, 9.17) is 9.84 Å². The minimum absolute atomic E-state index is 0. The van der Waals surface area contributed by atoms with Gasteiger partial charge in [-0.05, 0) is 6.42 Å². The first kappa shape index (κ1) is 19.2. The van der Waals surface area contributed by atoms with Crippen molar-refractivity contribution >= 4 is 8.41 Å². The molecular formula is C11H24BO5. The summed E-state index contributed by atoms with van der Waals surface area (Å²) in [5.41, 5.74) is 0. The van der Waals surface area contributed by atoms with E-state index in [0.717, 1.165) is 0 Å². The molecule has 0 spiro atoms. The fourth-order valence-corrected chi connectivity index (χ4v) is 1.52. The van der Waals surface area contributed by atoms with E-state index >= 15 is 0 Å². The molecule has 1 fully saturated rings. The molecule has 1 rings (SSSR count). The molecule has 0 amide bonds. The third kappa shape index (κ3) is 5.35. The molecule has 0 bridgehead atoms. The Hall–Kier alpha value is -0.135. The fourth-order valence-electron chi connectivity index (χ4n) is 1.52. The van der Waals surface area contributed by atoms with Gasteiger partial charge in [-0.3, -0.25) is 0 Å². The maximum Gasteiger partial charge on any atom is 0.111 e. The van der Waals surface area contributed by atoms with Gasteiger partial charge in [-0.25, -0.2) is 0 Å². The molecule has 0 aromatic rings. The van der Waals surface area contributed by atoms with E-state index in [2.05, 4.69) is 13.8 Å². The van der Waals surface area contributed by atoms with Crippen molar-refractivity contribution in [2.45, 2.75) is 64.1 Å². The lowest BCUT2D eigenvalue weighted by molar-refractivity contribution is -0.229. The molecule has 5 nitrogen and oxygen atoms in total. The number of rotatable bonds is 2. The lowest BCUT2D eigenvalue weighted by Crippen LogP contribution is -2.58. The van der Waals surface area contributed by atoms with Crippen LogP contribution >= 0.6 is 0 Å². The maximum atomic E-state index is 9.40. The van der Waals surface area contributed by atoms with Crippen molar-refractivity contribution in [3.05, 3.63) is 0 Å². The summed E-state index contributed by atoms with van der Waals surface area (Å²) < 4.78 is 5.17. The quantitative estimate of drug-likeness (QED) is 0.483. The first-order valence-corrected chi connectivity index (χ1v) is 5.83. The first-order valence-electron chi connectivity index (χ1n) is 5.83. The van der Waals surface area contributed by atoms with Crippen molar-refractivity contribution in [2.75, 3.05) is 6.61 Å². The van der Waals surface area contributed by atoms with Crippen LogP contribution in [-0.4, -0.2) is 66.0 Å². The Bertz CT molecular complexity index is 161. The van der Waals surface area contributed by atoms with Gasteiger partial charge in [-0.2, -0.15) is 0 Å². The van der Waals surface area contributed by atoms with Crippen LogP contribution in [0.2, 0.25) is 0 Å².